The Bertz CT molecular complexity index is 273. The molecule has 20 heavy (non-hydrogen) atoms. The first-order valence-corrected chi connectivity index (χ1v) is 8.92. The highest BCUT2D eigenvalue weighted by Crippen LogP contribution is 2.36. The van der Waals surface area contributed by atoms with Gasteiger partial charge in [-0.05, 0) is 56.4 Å². The highest BCUT2D eigenvalue weighted by molar-refractivity contribution is 4.93. The van der Waals surface area contributed by atoms with Crippen LogP contribution < -0.4 is 0 Å². The molecule has 0 aromatic heterocycles. The Morgan fingerprint density at radius 1 is 1.10 bits per heavy atom. The second kappa shape index (κ2) is 7.26. The van der Waals surface area contributed by atoms with E-state index in [1.807, 2.05) is 0 Å². The fourth-order valence-electron chi connectivity index (χ4n) is 4.57. The number of rotatable bonds is 5. The molecule has 1 N–H and O–H groups in total. The van der Waals surface area contributed by atoms with Crippen molar-refractivity contribution in [2.45, 2.75) is 90.8 Å². The molecule has 0 amide bonds. The Morgan fingerprint density at radius 2 is 1.75 bits per heavy atom. The van der Waals surface area contributed by atoms with Crippen molar-refractivity contribution in [3.8, 4) is 0 Å². The SMILES string of the molecule is CC(C)CCN(C1CCCC1)C1C(C)CC(C)CC1O. The number of aliphatic hydroxyl groups is 1. The molecule has 2 saturated carbocycles. The van der Waals surface area contributed by atoms with E-state index in [2.05, 4.69) is 32.6 Å². The van der Waals surface area contributed by atoms with E-state index in [1.165, 1.54) is 45.1 Å². The number of nitrogens with zero attached hydrogens (tertiary/aromatic N) is 1. The highest BCUT2D eigenvalue weighted by Gasteiger charge is 2.39. The quantitative estimate of drug-likeness (QED) is 0.821. The number of hydrogen-bond acceptors (Lipinski definition) is 2. The molecule has 0 radical (unpaired) electrons. The Labute approximate surface area is 125 Å². The summed E-state index contributed by atoms with van der Waals surface area (Å²) in [6.07, 6.45) is 8.91. The Kier molecular flexibility index (Phi) is 5.92. The largest absolute Gasteiger partial charge is 0.391 e. The van der Waals surface area contributed by atoms with Gasteiger partial charge in [-0.25, -0.2) is 0 Å². The summed E-state index contributed by atoms with van der Waals surface area (Å²) in [4.78, 5) is 2.72. The first-order chi connectivity index (χ1) is 9.49. The maximum Gasteiger partial charge on any atom is 0.0700 e. The van der Waals surface area contributed by atoms with Gasteiger partial charge in [0.2, 0.25) is 0 Å². The summed E-state index contributed by atoms with van der Waals surface area (Å²) in [6, 6.07) is 1.15. The van der Waals surface area contributed by atoms with Crippen LogP contribution in [0.25, 0.3) is 0 Å². The van der Waals surface area contributed by atoms with Gasteiger partial charge in [0.05, 0.1) is 6.10 Å². The van der Waals surface area contributed by atoms with E-state index in [4.69, 9.17) is 0 Å². The molecule has 2 nitrogen and oxygen atoms in total. The number of hydrogen-bond donors (Lipinski definition) is 1. The molecule has 2 fully saturated rings. The predicted molar refractivity (Wildman–Crippen MR) is 85.8 cm³/mol. The van der Waals surface area contributed by atoms with Gasteiger partial charge in [-0.1, -0.05) is 40.5 Å². The summed E-state index contributed by atoms with van der Waals surface area (Å²) in [5, 5.41) is 10.7. The lowest BCUT2D eigenvalue weighted by atomic mass is 9.76. The molecule has 0 spiro atoms. The summed E-state index contributed by atoms with van der Waals surface area (Å²) in [6.45, 7) is 10.5. The van der Waals surface area contributed by atoms with Gasteiger partial charge in [0.15, 0.2) is 0 Å². The molecule has 4 atom stereocenters. The Hall–Kier alpha value is -0.0800. The van der Waals surface area contributed by atoms with Crippen molar-refractivity contribution in [1.82, 2.24) is 4.90 Å². The van der Waals surface area contributed by atoms with Crippen LogP contribution in [0.2, 0.25) is 0 Å². The van der Waals surface area contributed by atoms with Crippen molar-refractivity contribution in [2.24, 2.45) is 17.8 Å². The summed E-state index contributed by atoms with van der Waals surface area (Å²) >= 11 is 0. The van der Waals surface area contributed by atoms with Gasteiger partial charge in [0.1, 0.15) is 0 Å². The van der Waals surface area contributed by atoms with Gasteiger partial charge < -0.3 is 5.11 Å². The van der Waals surface area contributed by atoms with Crippen molar-refractivity contribution in [3.63, 3.8) is 0 Å². The minimum Gasteiger partial charge on any atom is -0.391 e. The monoisotopic (exact) mass is 281 g/mol. The minimum atomic E-state index is -0.110. The van der Waals surface area contributed by atoms with E-state index in [-0.39, 0.29) is 6.10 Å². The van der Waals surface area contributed by atoms with E-state index in [0.29, 0.717) is 17.9 Å². The molecule has 0 bridgehead atoms. The molecule has 118 valence electrons. The first kappa shape index (κ1) is 16.3. The van der Waals surface area contributed by atoms with Crippen LogP contribution >= 0.6 is 0 Å². The highest BCUT2D eigenvalue weighted by atomic mass is 16.3. The predicted octanol–water partition coefficient (Wildman–Crippen LogP) is 4.07. The summed E-state index contributed by atoms with van der Waals surface area (Å²) in [7, 11) is 0. The van der Waals surface area contributed by atoms with Crippen molar-refractivity contribution in [2.75, 3.05) is 6.54 Å². The zero-order valence-corrected chi connectivity index (χ0v) is 14.0. The van der Waals surface area contributed by atoms with E-state index in [1.54, 1.807) is 0 Å². The van der Waals surface area contributed by atoms with Gasteiger partial charge in [0, 0.05) is 12.1 Å². The zero-order chi connectivity index (χ0) is 14.7. The smallest absolute Gasteiger partial charge is 0.0700 e. The molecule has 4 unspecified atom stereocenters. The third kappa shape index (κ3) is 3.98. The Balaban J connectivity index is 2.07. The molecule has 0 saturated heterocycles. The maximum atomic E-state index is 10.7. The standard InChI is InChI=1S/C18H35NO/c1-13(2)9-10-19(16-7-5-6-8-16)18-15(4)11-14(3)12-17(18)20/h13-18,20H,5-12H2,1-4H3. The van der Waals surface area contributed by atoms with Crippen LogP contribution in [0.4, 0.5) is 0 Å². The average Bonchev–Trinajstić information content (AvgIpc) is 2.85. The van der Waals surface area contributed by atoms with E-state index in [0.717, 1.165) is 18.4 Å². The fraction of sp³-hybridized carbons (Fsp3) is 1.00. The molecule has 0 aromatic carbocycles. The van der Waals surface area contributed by atoms with Gasteiger partial charge >= 0.3 is 0 Å². The molecule has 2 heteroatoms. The van der Waals surface area contributed by atoms with E-state index >= 15 is 0 Å². The molecular formula is C18H35NO. The van der Waals surface area contributed by atoms with Crippen LogP contribution in [0.1, 0.15) is 72.6 Å². The fourth-order valence-corrected chi connectivity index (χ4v) is 4.57. The van der Waals surface area contributed by atoms with Gasteiger partial charge in [-0.2, -0.15) is 0 Å². The zero-order valence-electron chi connectivity index (χ0n) is 14.0. The second-order valence-electron chi connectivity index (χ2n) is 7.97. The molecule has 0 aliphatic heterocycles. The van der Waals surface area contributed by atoms with Gasteiger partial charge in [0.25, 0.3) is 0 Å². The molecule has 2 aliphatic rings. The number of aliphatic hydroxyl groups excluding tert-OH is 1. The van der Waals surface area contributed by atoms with Gasteiger partial charge in [-0.3, -0.25) is 4.90 Å². The lowest BCUT2D eigenvalue weighted by Crippen LogP contribution is -2.54. The average molecular weight is 281 g/mol. The summed E-state index contributed by atoms with van der Waals surface area (Å²) < 4.78 is 0. The minimum absolute atomic E-state index is 0.110. The third-order valence-corrected chi connectivity index (χ3v) is 5.54. The van der Waals surface area contributed by atoms with E-state index in [9.17, 15) is 5.11 Å². The van der Waals surface area contributed by atoms with Crippen LogP contribution in [0.3, 0.4) is 0 Å². The van der Waals surface area contributed by atoms with Crippen molar-refractivity contribution in [1.29, 1.82) is 0 Å². The maximum absolute atomic E-state index is 10.7. The molecular weight excluding hydrogens is 246 g/mol. The summed E-state index contributed by atoms with van der Waals surface area (Å²) in [5.74, 6) is 2.09. The molecule has 2 rings (SSSR count). The van der Waals surface area contributed by atoms with Gasteiger partial charge in [-0.15, -0.1) is 0 Å². The first-order valence-electron chi connectivity index (χ1n) is 8.92. The molecule has 0 aromatic rings. The topological polar surface area (TPSA) is 23.5 Å². The summed E-state index contributed by atoms with van der Waals surface area (Å²) in [5.41, 5.74) is 0. The Morgan fingerprint density at radius 3 is 2.30 bits per heavy atom. The van der Waals surface area contributed by atoms with Crippen molar-refractivity contribution >= 4 is 0 Å². The molecule has 0 heterocycles. The van der Waals surface area contributed by atoms with Crippen LogP contribution in [0.15, 0.2) is 0 Å². The van der Waals surface area contributed by atoms with Crippen LogP contribution in [-0.2, 0) is 0 Å². The normalized spacial score (nSPS) is 36.1. The third-order valence-electron chi connectivity index (χ3n) is 5.54. The van der Waals surface area contributed by atoms with E-state index < -0.39 is 0 Å². The van der Waals surface area contributed by atoms with Crippen LogP contribution in [-0.4, -0.2) is 34.7 Å². The van der Waals surface area contributed by atoms with Crippen molar-refractivity contribution in [3.05, 3.63) is 0 Å². The van der Waals surface area contributed by atoms with Crippen molar-refractivity contribution < 1.29 is 5.11 Å². The lowest BCUT2D eigenvalue weighted by molar-refractivity contribution is -0.0428. The second-order valence-corrected chi connectivity index (χ2v) is 7.97. The molecule has 2 aliphatic carbocycles. The van der Waals surface area contributed by atoms with Crippen LogP contribution in [0, 0.1) is 17.8 Å². The lowest BCUT2D eigenvalue weighted by Gasteiger charge is -2.46. The van der Waals surface area contributed by atoms with Crippen LogP contribution in [0.5, 0.6) is 0 Å².